The van der Waals surface area contributed by atoms with Gasteiger partial charge in [-0.15, -0.1) is 0 Å². The largest absolute Gasteiger partial charge is 0.368 e. The maximum atomic E-state index is 12.3. The molecule has 0 saturated carbocycles. The number of para-hydroxylation sites is 1. The molecule has 0 atom stereocenters. The van der Waals surface area contributed by atoms with Crippen LogP contribution in [0.3, 0.4) is 0 Å². The van der Waals surface area contributed by atoms with Crippen molar-refractivity contribution < 1.29 is 4.79 Å². The van der Waals surface area contributed by atoms with E-state index >= 15 is 0 Å². The monoisotopic (exact) mass is 296 g/mol. The molecule has 0 aliphatic rings. The van der Waals surface area contributed by atoms with Crippen LogP contribution in [0, 0.1) is 13.8 Å². The van der Waals surface area contributed by atoms with E-state index in [4.69, 9.17) is 5.73 Å². The van der Waals surface area contributed by atoms with Gasteiger partial charge in [-0.3, -0.25) is 14.2 Å². The normalized spacial score (nSPS) is 11.0. The van der Waals surface area contributed by atoms with Crippen molar-refractivity contribution >= 4 is 16.9 Å². The number of nitrogens with two attached hydrogens (primary N) is 1. The summed E-state index contributed by atoms with van der Waals surface area (Å²) >= 11 is 0. The van der Waals surface area contributed by atoms with E-state index in [0.29, 0.717) is 5.65 Å². The Balaban J connectivity index is 2.44. The molecular weight excluding hydrogens is 280 g/mol. The van der Waals surface area contributed by atoms with Crippen LogP contribution in [0.4, 0.5) is 0 Å². The highest BCUT2D eigenvalue weighted by Gasteiger charge is 2.17. The molecule has 3 aromatic rings. The van der Waals surface area contributed by atoms with Gasteiger partial charge in [0.2, 0.25) is 5.91 Å². The van der Waals surface area contributed by atoms with Crippen LogP contribution >= 0.6 is 0 Å². The van der Waals surface area contributed by atoms with Gasteiger partial charge in [0.15, 0.2) is 0 Å². The van der Waals surface area contributed by atoms with Gasteiger partial charge in [0, 0.05) is 11.5 Å². The summed E-state index contributed by atoms with van der Waals surface area (Å²) in [6.07, 6.45) is 0. The summed E-state index contributed by atoms with van der Waals surface area (Å²) in [5.41, 5.74) is 8.07. The number of hydrogen-bond acceptors (Lipinski definition) is 3. The van der Waals surface area contributed by atoms with Crippen LogP contribution in [0.15, 0.2) is 41.2 Å². The Morgan fingerprint density at radius 1 is 1.23 bits per heavy atom. The SMILES string of the molecule is Cc1cc(=O)n(CC(N)=O)c2c1c(C)nn2-c1ccccc1. The lowest BCUT2D eigenvalue weighted by molar-refractivity contribution is -0.118. The van der Waals surface area contributed by atoms with Crippen molar-refractivity contribution in [3.8, 4) is 5.69 Å². The van der Waals surface area contributed by atoms with Crippen LogP contribution in [-0.4, -0.2) is 20.3 Å². The predicted molar refractivity (Wildman–Crippen MR) is 84.0 cm³/mol. The van der Waals surface area contributed by atoms with Crippen molar-refractivity contribution in [2.24, 2.45) is 5.73 Å². The molecule has 0 unspecified atom stereocenters. The molecule has 2 aromatic heterocycles. The summed E-state index contributed by atoms with van der Waals surface area (Å²) in [6.45, 7) is 3.57. The third kappa shape index (κ3) is 2.18. The number of nitrogens with zero attached hydrogens (tertiary/aromatic N) is 3. The van der Waals surface area contributed by atoms with E-state index in [1.165, 1.54) is 10.6 Å². The third-order valence-electron chi connectivity index (χ3n) is 3.61. The average Bonchev–Trinajstić information content (AvgIpc) is 2.82. The summed E-state index contributed by atoms with van der Waals surface area (Å²) in [6, 6.07) is 11.0. The first-order chi connectivity index (χ1) is 10.5. The van der Waals surface area contributed by atoms with Crippen LogP contribution in [0.5, 0.6) is 0 Å². The van der Waals surface area contributed by atoms with Crippen molar-refractivity contribution in [3.63, 3.8) is 0 Å². The average molecular weight is 296 g/mol. The number of primary amides is 1. The van der Waals surface area contributed by atoms with Crippen molar-refractivity contribution in [3.05, 3.63) is 58.0 Å². The molecule has 2 N–H and O–H groups in total. The van der Waals surface area contributed by atoms with Gasteiger partial charge < -0.3 is 5.73 Å². The minimum Gasteiger partial charge on any atom is -0.368 e. The van der Waals surface area contributed by atoms with Gasteiger partial charge in [-0.05, 0) is 31.5 Å². The Hall–Kier alpha value is -2.89. The molecule has 6 nitrogen and oxygen atoms in total. The smallest absolute Gasteiger partial charge is 0.252 e. The fourth-order valence-corrected chi connectivity index (χ4v) is 2.72. The molecule has 22 heavy (non-hydrogen) atoms. The molecular formula is C16H16N4O2. The van der Waals surface area contributed by atoms with Gasteiger partial charge >= 0.3 is 0 Å². The van der Waals surface area contributed by atoms with Crippen molar-refractivity contribution in [1.29, 1.82) is 0 Å². The van der Waals surface area contributed by atoms with Gasteiger partial charge in [0.25, 0.3) is 5.56 Å². The van der Waals surface area contributed by atoms with Crippen LogP contribution in [-0.2, 0) is 11.3 Å². The fourth-order valence-electron chi connectivity index (χ4n) is 2.72. The summed E-state index contributed by atoms with van der Waals surface area (Å²) in [5.74, 6) is -0.564. The molecule has 0 radical (unpaired) electrons. The highest BCUT2D eigenvalue weighted by atomic mass is 16.2. The highest BCUT2D eigenvalue weighted by molar-refractivity contribution is 5.85. The Morgan fingerprint density at radius 3 is 2.55 bits per heavy atom. The Labute approximate surface area is 126 Å². The standard InChI is InChI=1S/C16H16N4O2/c1-10-8-14(22)19(9-13(17)21)16-15(10)11(2)18-20(16)12-6-4-3-5-7-12/h3-8H,9H2,1-2H3,(H2,17,21). The minimum atomic E-state index is -0.564. The Kier molecular flexibility index (Phi) is 3.29. The van der Waals surface area contributed by atoms with Gasteiger partial charge in [0.05, 0.1) is 11.4 Å². The van der Waals surface area contributed by atoms with Gasteiger partial charge in [-0.2, -0.15) is 5.10 Å². The summed E-state index contributed by atoms with van der Waals surface area (Å²) in [7, 11) is 0. The zero-order valence-corrected chi connectivity index (χ0v) is 12.4. The van der Waals surface area contributed by atoms with E-state index in [0.717, 1.165) is 22.3 Å². The second-order valence-corrected chi connectivity index (χ2v) is 5.25. The number of pyridine rings is 1. The second-order valence-electron chi connectivity index (χ2n) is 5.25. The Bertz CT molecular complexity index is 923. The number of fused-ring (bicyclic) bond motifs is 1. The zero-order chi connectivity index (χ0) is 15.9. The van der Waals surface area contributed by atoms with E-state index in [2.05, 4.69) is 5.10 Å². The van der Waals surface area contributed by atoms with Crippen LogP contribution in [0.1, 0.15) is 11.3 Å². The number of carbonyl (C=O) groups is 1. The van der Waals surface area contributed by atoms with Crippen LogP contribution in [0.2, 0.25) is 0 Å². The zero-order valence-electron chi connectivity index (χ0n) is 12.4. The number of hydrogen-bond donors (Lipinski definition) is 1. The molecule has 0 saturated heterocycles. The van der Waals surface area contributed by atoms with E-state index in [1.807, 2.05) is 44.2 Å². The molecule has 3 rings (SSSR count). The first-order valence-corrected chi connectivity index (χ1v) is 6.92. The second kappa shape index (κ2) is 5.14. The maximum Gasteiger partial charge on any atom is 0.252 e. The molecule has 1 amide bonds. The Morgan fingerprint density at radius 2 is 1.91 bits per heavy atom. The fraction of sp³-hybridized carbons (Fsp3) is 0.188. The van der Waals surface area contributed by atoms with Crippen molar-refractivity contribution in [1.82, 2.24) is 14.3 Å². The minimum absolute atomic E-state index is 0.173. The molecule has 1 aromatic carbocycles. The van der Waals surface area contributed by atoms with E-state index in [1.54, 1.807) is 4.68 Å². The van der Waals surface area contributed by atoms with E-state index in [9.17, 15) is 9.59 Å². The lowest BCUT2D eigenvalue weighted by Gasteiger charge is -2.10. The summed E-state index contributed by atoms with van der Waals surface area (Å²) in [4.78, 5) is 23.6. The van der Waals surface area contributed by atoms with E-state index in [-0.39, 0.29) is 12.1 Å². The number of benzene rings is 1. The number of amides is 1. The van der Waals surface area contributed by atoms with Gasteiger partial charge in [-0.25, -0.2) is 4.68 Å². The van der Waals surface area contributed by atoms with Gasteiger partial charge in [0.1, 0.15) is 12.2 Å². The van der Waals surface area contributed by atoms with Crippen LogP contribution in [0.25, 0.3) is 16.7 Å². The molecule has 0 spiro atoms. The molecule has 0 aliphatic carbocycles. The highest BCUT2D eigenvalue weighted by Crippen LogP contribution is 2.23. The molecule has 112 valence electrons. The molecule has 0 aliphatic heterocycles. The third-order valence-corrected chi connectivity index (χ3v) is 3.61. The first kappa shape index (κ1) is 14.1. The quantitative estimate of drug-likeness (QED) is 0.790. The topological polar surface area (TPSA) is 82.9 Å². The number of aromatic nitrogens is 3. The first-order valence-electron chi connectivity index (χ1n) is 6.92. The summed E-state index contributed by atoms with van der Waals surface area (Å²) in [5, 5.41) is 5.40. The number of rotatable bonds is 3. The molecule has 6 heteroatoms. The summed E-state index contributed by atoms with van der Waals surface area (Å²) < 4.78 is 3.06. The van der Waals surface area contributed by atoms with Crippen molar-refractivity contribution in [2.45, 2.75) is 20.4 Å². The number of carbonyl (C=O) groups excluding carboxylic acids is 1. The molecule has 0 bridgehead atoms. The number of aryl methyl sites for hydroxylation is 2. The lowest BCUT2D eigenvalue weighted by Crippen LogP contribution is -2.29. The van der Waals surface area contributed by atoms with E-state index < -0.39 is 5.91 Å². The van der Waals surface area contributed by atoms with Crippen LogP contribution < -0.4 is 11.3 Å². The lowest BCUT2D eigenvalue weighted by atomic mass is 10.1. The molecule has 2 heterocycles. The maximum absolute atomic E-state index is 12.3. The van der Waals surface area contributed by atoms with Crippen molar-refractivity contribution in [2.75, 3.05) is 0 Å². The molecule has 0 fully saturated rings. The predicted octanol–water partition coefficient (Wildman–Crippen LogP) is 1.29. The van der Waals surface area contributed by atoms with Gasteiger partial charge in [-0.1, -0.05) is 18.2 Å².